The van der Waals surface area contributed by atoms with Crippen LogP contribution in [0.3, 0.4) is 0 Å². The molecule has 0 aliphatic carbocycles. The third kappa shape index (κ3) is 4.54. The molecular weight excluding hydrogens is 287 g/mol. The van der Waals surface area contributed by atoms with Crippen LogP contribution in [0.25, 0.3) is 0 Å². The zero-order valence-corrected chi connectivity index (χ0v) is 12.9. The lowest BCUT2D eigenvalue weighted by molar-refractivity contribution is -0.385. The van der Waals surface area contributed by atoms with Crippen LogP contribution >= 0.6 is 6.64 Å². The van der Waals surface area contributed by atoms with Gasteiger partial charge in [-0.3, -0.25) is 10.1 Å². The fourth-order valence-electron chi connectivity index (χ4n) is 1.66. The number of nitro benzene ring substituents is 1. The van der Waals surface area contributed by atoms with E-state index in [-0.39, 0.29) is 17.5 Å². The van der Waals surface area contributed by atoms with Crippen LogP contribution in [0.5, 0.6) is 5.75 Å². The number of aryl methyl sites for hydroxylation is 2. The molecule has 0 aliphatic rings. The van der Waals surface area contributed by atoms with Crippen LogP contribution in [0, 0.1) is 24.0 Å². The van der Waals surface area contributed by atoms with E-state index in [0.29, 0.717) is 5.56 Å². The van der Waals surface area contributed by atoms with Gasteiger partial charge in [0.25, 0.3) is 0 Å². The third-order valence-electron chi connectivity index (χ3n) is 2.23. The molecule has 1 rings (SSSR count). The average molecular weight is 304 g/mol. The van der Waals surface area contributed by atoms with Crippen LogP contribution in [0.1, 0.15) is 25.0 Å². The second kappa shape index (κ2) is 5.96. The Balaban J connectivity index is 3.20. The van der Waals surface area contributed by atoms with Crippen LogP contribution in [0.15, 0.2) is 12.1 Å². The highest BCUT2D eigenvalue weighted by Gasteiger charge is 2.25. The number of nitrogens with zero attached hydrogens (tertiary/aromatic N) is 1. The Morgan fingerprint density at radius 1 is 1.47 bits per heavy atom. The van der Waals surface area contributed by atoms with E-state index in [2.05, 4.69) is 5.09 Å². The first kappa shape index (κ1) is 16.0. The molecule has 1 aromatic rings. The summed E-state index contributed by atoms with van der Waals surface area (Å²) >= 11 is 4.95. The van der Waals surface area contributed by atoms with E-state index >= 15 is 0 Å². The molecule has 0 bridgehead atoms. The summed E-state index contributed by atoms with van der Waals surface area (Å²) in [6, 6.07) is 3.06. The van der Waals surface area contributed by atoms with Gasteiger partial charge in [-0.1, -0.05) is 6.07 Å². The van der Waals surface area contributed by atoms with Gasteiger partial charge in [-0.15, -0.1) is 0 Å². The molecule has 0 saturated carbocycles. The van der Waals surface area contributed by atoms with Crippen LogP contribution in [0.2, 0.25) is 0 Å². The second-order valence-electron chi connectivity index (χ2n) is 4.58. The van der Waals surface area contributed by atoms with Crippen molar-refractivity contribution in [2.24, 2.45) is 0 Å². The highest BCUT2D eigenvalue weighted by Crippen LogP contribution is 2.44. The molecule has 8 heteroatoms. The van der Waals surface area contributed by atoms with Crippen LogP contribution in [-0.4, -0.2) is 15.9 Å². The molecule has 1 atom stereocenters. The minimum Gasteiger partial charge on any atom is -0.425 e. The van der Waals surface area contributed by atoms with Crippen LogP contribution in [-0.2, 0) is 11.8 Å². The summed E-state index contributed by atoms with van der Waals surface area (Å²) in [6.45, 7) is 3.74. The molecule has 6 nitrogen and oxygen atoms in total. The van der Waals surface area contributed by atoms with Crippen molar-refractivity contribution >= 4 is 24.1 Å². The van der Waals surface area contributed by atoms with Crippen molar-refractivity contribution in [3.63, 3.8) is 0 Å². The van der Waals surface area contributed by atoms with E-state index in [9.17, 15) is 15.0 Å². The van der Waals surface area contributed by atoms with E-state index in [1.54, 1.807) is 33.8 Å². The average Bonchev–Trinajstić information content (AvgIpc) is 2.19. The predicted molar refractivity (Wildman–Crippen MR) is 78.0 cm³/mol. The van der Waals surface area contributed by atoms with Crippen molar-refractivity contribution in [2.75, 3.05) is 0 Å². The van der Waals surface area contributed by atoms with Crippen molar-refractivity contribution in [2.45, 2.75) is 33.7 Å². The fraction of sp³-hybridized carbons (Fsp3) is 0.455. The highest BCUT2D eigenvalue weighted by atomic mass is 32.5. The second-order valence-corrected chi connectivity index (χ2v) is 7.55. The zero-order chi connectivity index (χ0) is 14.8. The quantitative estimate of drug-likeness (QED) is 0.494. The van der Waals surface area contributed by atoms with Crippen LogP contribution in [0.4, 0.5) is 5.69 Å². The first-order valence-corrected chi connectivity index (χ1v) is 8.35. The summed E-state index contributed by atoms with van der Waals surface area (Å²) in [5.74, 6) is 0.0228. The standard InChI is InChI=1S/C11H17N2O4PS/c1-7(2)12-18(16,19)17-11-9(4)5-8(3)6-10(11)13(14)15/h5-7H,1-4H3,(H2,12,16,19). The van der Waals surface area contributed by atoms with Gasteiger partial charge in [0.15, 0.2) is 0 Å². The molecule has 2 N–H and O–H groups in total. The highest BCUT2D eigenvalue weighted by molar-refractivity contribution is 8.08. The molecule has 0 aliphatic heterocycles. The maximum atomic E-state index is 11.0. The van der Waals surface area contributed by atoms with Crippen molar-refractivity contribution in [1.29, 1.82) is 0 Å². The Kier molecular flexibility index (Phi) is 5.04. The third-order valence-corrected chi connectivity index (χ3v) is 4.04. The van der Waals surface area contributed by atoms with Gasteiger partial charge in [0.05, 0.1) is 4.92 Å². The molecule has 1 unspecified atom stereocenters. The van der Waals surface area contributed by atoms with E-state index in [1.165, 1.54) is 6.07 Å². The van der Waals surface area contributed by atoms with Crippen molar-refractivity contribution in [3.05, 3.63) is 33.4 Å². The van der Waals surface area contributed by atoms with E-state index < -0.39 is 11.6 Å². The maximum Gasteiger partial charge on any atom is 0.311 e. The lowest BCUT2D eigenvalue weighted by Gasteiger charge is -2.21. The van der Waals surface area contributed by atoms with Gasteiger partial charge in [0, 0.05) is 12.1 Å². The molecule has 1 aromatic carbocycles. The largest absolute Gasteiger partial charge is 0.425 e. The molecule has 0 amide bonds. The lowest BCUT2D eigenvalue weighted by Crippen LogP contribution is -2.22. The molecule has 106 valence electrons. The van der Waals surface area contributed by atoms with E-state index in [0.717, 1.165) is 5.56 Å². The number of hydrogen-bond donors (Lipinski definition) is 2. The topological polar surface area (TPSA) is 84.6 Å². The molecule has 0 aromatic heterocycles. The van der Waals surface area contributed by atoms with E-state index in [4.69, 9.17) is 16.3 Å². The summed E-state index contributed by atoms with van der Waals surface area (Å²) in [6.07, 6.45) is 0. The minimum absolute atomic E-state index is 0.0228. The first-order valence-electron chi connectivity index (χ1n) is 5.68. The molecular formula is C11H17N2O4PS. The van der Waals surface area contributed by atoms with Gasteiger partial charge in [0.2, 0.25) is 5.75 Å². The Bertz CT molecular complexity index is 548. The lowest BCUT2D eigenvalue weighted by atomic mass is 10.1. The Morgan fingerprint density at radius 2 is 2.05 bits per heavy atom. The summed E-state index contributed by atoms with van der Waals surface area (Å²) in [5.41, 5.74) is 1.13. The molecule has 0 radical (unpaired) electrons. The van der Waals surface area contributed by atoms with Gasteiger partial charge in [0.1, 0.15) is 0 Å². The van der Waals surface area contributed by atoms with E-state index in [1.807, 2.05) is 0 Å². The summed E-state index contributed by atoms with van der Waals surface area (Å²) in [7, 11) is 0. The number of nitrogens with one attached hydrogen (secondary N) is 1. The van der Waals surface area contributed by atoms with Gasteiger partial charge >= 0.3 is 12.3 Å². The van der Waals surface area contributed by atoms with Crippen molar-refractivity contribution in [1.82, 2.24) is 5.09 Å². The Hall–Kier alpha value is -1.01. The molecule has 0 saturated heterocycles. The molecule has 19 heavy (non-hydrogen) atoms. The van der Waals surface area contributed by atoms with Gasteiger partial charge in [-0.05, 0) is 50.6 Å². The van der Waals surface area contributed by atoms with Crippen molar-refractivity contribution < 1.29 is 14.3 Å². The number of nitro groups is 1. The zero-order valence-electron chi connectivity index (χ0n) is 11.2. The van der Waals surface area contributed by atoms with Crippen LogP contribution < -0.4 is 9.61 Å². The summed E-state index contributed by atoms with van der Waals surface area (Å²) < 4.78 is 5.32. The SMILES string of the molecule is Cc1cc(C)c(OP(O)(=S)NC(C)C)c([N+](=O)[O-])c1. The fourth-order valence-corrected chi connectivity index (χ4v) is 3.71. The number of benzene rings is 1. The van der Waals surface area contributed by atoms with Gasteiger partial charge < -0.3 is 9.42 Å². The number of hydrogen-bond acceptors (Lipinski definition) is 4. The van der Waals surface area contributed by atoms with Crippen molar-refractivity contribution in [3.8, 4) is 5.75 Å². The monoisotopic (exact) mass is 304 g/mol. The molecule has 0 spiro atoms. The smallest absolute Gasteiger partial charge is 0.311 e. The first-order chi connectivity index (χ1) is 8.62. The van der Waals surface area contributed by atoms with Gasteiger partial charge in [-0.25, -0.2) is 5.09 Å². The summed E-state index contributed by atoms with van der Waals surface area (Å²) in [4.78, 5) is 20.5. The predicted octanol–water partition coefficient (Wildman–Crippen LogP) is 2.81. The number of rotatable bonds is 5. The summed E-state index contributed by atoms with van der Waals surface area (Å²) in [5, 5.41) is 13.7. The minimum atomic E-state index is -3.30. The molecule has 0 fully saturated rings. The van der Waals surface area contributed by atoms with Gasteiger partial charge in [-0.2, -0.15) is 0 Å². The molecule has 0 heterocycles. The normalized spacial score (nSPS) is 14.2. The maximum absolute atomic E-state index is 11.0. The Morgan fingerprint density at radius 3 is 2.53 bits per heavy atom. The Labute approximate surface area is 117 Å².